The van der Waals surface area contributed by atoms with E-state index in [1.807, 2.05) is 13.8 Å². The van der Waals surface area contributed by atoms with Gasteiger partial charge in [-0.05, 0) is 39.8 Å². The molecule has 2 saturated heterocycles. The first kappa shape index (κ1) is 16.2. The Morgan fingerprint density at radius 1 is 1.25 bits per heavy atom. The monoisotopic (exact) mass is 303 g/mol. The highest BCUT2D eigenvalue weighted by molar-refractivity contribution is 7.90. The summed E-state index contributed by atoms with van der Waals surface area (Å²) < 4.78 is 26.6. The Hall–Kier alpha value is -0.170. The number of hydrogen-bond donors (Lipinski definition) is 1. The Morgan fingerprint density at radius 2 is 2.00 bits per heavy atom. The summed E-state index contributed by atoms with van der Waals surface area (Å²) >= 11 is 0. The number of rotatable bonds is 3. The molecular formula is C14H29N3O2S. The fraction of sp³-hybridized carbons (Fsp3) is 1.00. The van der Waals surface area contributed by atoms with Crippen LogP contribution in [0.25, 0.3) is 0 Å². The van der Waals surface area contributed by atoms with Gasteiger partial charge in [-0.15, -0.1) is 0 Å². The number of sulfonamides is 1. The van der Waals surface area contributed by atoms with Gasteiger partial charge in [0.2, 0.25) is 10.0 Å². The molecule has 0 amide bonds. The molecular weight excluding hydrogens is 274 g/mol. The van der Waals surface area contributed by atoms with Crippen LogP contribution < -0.4 is 5.32 Å². The molecule has 118 valence electrons. The van der Waals surface area contributed by atoms with Crippen molar-refractivity contribution in [3.8, 4) is 0 Å². The zero-order valence-electron chi connectivity index (χ0n) is 13.1. The van der Waals surface area contributed by atoms with Crippen LogP contribution >= 0.6 is 0 Å². The van der Waals surface area contributed by atoms with Crippen molar-refractivity contribution in [1.82, 2.24) is 14.5 Å². The van der Waals surface area contributed by atoms with Crippen molar-refractivity contribution >= 4 is 10.0 Å². The molecule has 0 aliphatic carbocycles. The second kappa shape index (κ2) is 6.30. The molecule has 20 heavy (non-hydrogen) atoms. The van der Waals surface area contributed by atoms with Crippen LogP contribution in [0.4, 0.5) is 0 Å². The van der Waals surface area contributed by atoms with E-state index in [4.69, 9.17) is 0 Å². The van der Waals surface area contributed by atoms with Gasteiger partial charge in [-0.25, -0.2) is 8.42 Å². The van der Waals surface area contributed by atoms with Crippen LogP contribution in [0.3, 0.4) is 0 Å². The molecule has 6 heteroatoms. The largest absolute Gasteiger partial charge is 0.314 e. The Bertz CT molecular complexity index is 422. The molecule has 1 unspecified atom stereocenters. The summed E-state index contributed by atoms with van der Waals surface area (Å²) in [7, 11) is -3.23. The second-order valence-corrected chi connectivity index (χ2v) is 9.15. The van der Waals surface area contributed by atoms with Crippen molar-refractivity contribution < 1.29 is 8.42 Å². The maximum atomic E-state index is 12.8. The molecule has 0 radical (unpaired) electrons. The van der Waals surface area contributed by atoms with Crippen LogP contribution in [-0.4, -0.2) is 67.7 Å². The Morgan fingerprint density at radius 3 is 2.70 bits per heavy atom. The summed E-state index contributed by atoms with van der Waals surface area (Å²) in [5, 5.41) is 3.25. The van der Waals surface area contributed by atoms with E-state index in [1.54, 1.807) is 4.31 Å². The van der Waals surface area contributed by atoms with Gasteiger partial charge in [-0.3, -0.25) is 4.90 Å². The van der Waals surface area contributed by atoms with Crippen LogP contribution in [0, 0.1) is 0 Å². The van der Waals surface area contributed by atoms with E-state index in [0.29, 0.717) is 25.7 Å². The Balaban J connectivity index is 2.13. The van der Waals surface area contributed by atoms with Crippen LogP contribution in [0.1, 0.15) is 40.0 Å². The molecule has 0 spiro atoms. The van der Waals surface area contributed by atoms with Gasteiger partial charge in [0.15, 0.2) is 0 Å². The van der Waals surface area contributed by atoms with E-state index < -0.39 is 14.8 Å². The molecule has 2 aliphatic heterocycles. The lowest BCUT2D eigenvalue weighted by Crippen LogP contribution is -2.52. The minimum Gasteiger partial charge on any atom is -0.314 e. The number of likely N-dealkylation sites (tertiary alicyclic amines) is 1. The number of nitrogens with one attached hydrogen (secondary N) is 1. The van der Waals surface area contributed by atoms with E-state index in [9.17, 15) is 8.42 Å². The van der Waals surface area contributed by atoms with Crippen molar-refractivity contribution in [3.05, 3.63) is 0 Å². The summed E-state index contributed by atoms with van der Waals surface area (Å²) in [4.78, 5) is 2.43. The lowest BCUT2D eigenvalue weighted by Gasteiger charge is -2.38. The fourth-order valence-corrected chi connectivity index (χ4v) is 4.94. The summed E-state index contributed by atoms with van der Waals surface area (Å²) in [6.45, 7) is 10.5. The molecule has 0 aromatic heterocycles. The average Bonchev–Trinajstić information content (AvgIpc) is 2.50. The third-order valence-corrected chi connectivity index (χ3v) is 7.25. The van der Waals surface area contributed by atoms with Crippen LogP contribution in [-0.2, 0) is 10.0 Å². The smallest absolute Gasteiger partial charge is 0.220 e. The normalized spacial score (nSPS) is 31.9. The van der Waals surface area contributed by atoms with Gasteiger partial charge in [-0.2, -0.15) is 4.31 Å². The number of nitrogens with zero attached hydrogens (tertiary/aromatic N) is 2. The molecule has 0 bridgehead atoms. The van der Waals surface area contributed by atoms with Gasteiger partial charge in [0, 0.05) is 32.2 Å². The van der Waals surface area contributed by atoms with Crippen LogP contribution in [0.15, 0.2) is 0 Å². The lowest BCUT2D eigenvalue weighted by atomic mass is 10.0. The second-order valence-electron chi connectivity index (χ2n) is 6.58. The maximum absolute atomic E-state index is 12.8. The van der Waals surface area contributed by atoms with Crippen LogP contribution in [0.2, 0.25) is 0 Å². The zero-order chi connectivity index (χ0) is 14.8. The molecule has 5 nitrogen and oxygen atoms in total. The van der Waals surface area contributed by atoms with Crippen molar-refractivity contribution in [2.75, 3.05) is 39.3 Å². The zero-order valence-corrected chi connectivity index (χ0v) is 13.9. The summed E-state index contributed by atoms with van der Waals surface area (Å²) in [6.07, 6.45) is 3.58. The van der Waals surface area contributed by atoms with Crippen LogP contribution in [0.5, 0.6) is 0 Å². The predicted octanol–water partition coefficient (Wildman–Crippen LogP) is 0.874. The minimum absolute atomic E-state index is 0.387. The molecule has 2 heterocycles. The van der Waals surface area contributed by atoms with Gasteiger partial charge in [0.1, 0.15) is 0 Å². The van der Waals surface area contributed by atoms with E-state index in [1.165, 1.54) is 12.8 Å². The molecule has 0 aromatic carbocycles. The first-order chi connectivity index (χ1) is 9.38. The molecule has 0 saturated carbocycles. The van der Waals surface area contributed by atoms with Gasteiger partial charge < -0.3 is 5.32 Å². The van der Waals surface area contributed by atoms with E-state index in [-0.39, 0.29) is 0 Å². The maximum Gasteiger partial charge on any atom is 0.220 e. The van der Waals surface area contributed by atoms with Gasteiger partial charge in [-0.1, -0.05) is 13.3 Å². The van der Waals surface area contributed by atoms with Gasteiger partial charge >= 0.3 is 0 Å². The number of hydrogen-bond acceptors (Lipinski definition) is 4. The molecule has 1 atom stereocenters. The highest BCUT2D eigenvalue weighted by Gasteiger charge is 2.41. The fourth-order valence-electron chi connectivity index (χ4n) is 3.26. The van der Waals surface area contributed by atoms with Crippen molar-refractivity contribution in [1.29, 1.82) is 0 Å². The minimum atomic E-state index is -3.23. The third kappa shape index (κ3) is 3.18. The Kier molecular flexibility index (Phi) is 5.10. The van der Waals surface area contributed by atoms with E-state index in [2.05, 4.69) is 17.1 Å². The highest BCUT2D eigenvalue weighted by atomic mass is 32.2. The highest BCUT2D eigenvalue weighted by Crippen LogP contribution is 2.25. The van der Waals surface area contributed by atoms with E-state index in [0.717, 1.165) is 26.1 Å². The molecule has 1 N–H and O–H groups in total. The van der Waals surface area contributed by atoms with Crippen molar-refractivity contribution in [2.24, 2.45) is 0 Å². The SMILES string of the molecule is CCN1CCCCC1CN1CCNCC(C)(C)S1(=O)=O. The quantitative estimate of drug-likeness (QED) is 0.841. The lowest BCUT2D eigenvalue weighted by molar-refractivity contribution is 0.135. The van der Waals surface area contributed by atoms with Crippen molar-refractivity contribution in [3.63, 3.8) is 0 Å². The summed E-state index contributed by atoms with van der Waals surface area (Å²) in [5.41, 5.74) is 0. The summed E-state index contributed by atoms with van der Waals surface area (Å²) in [5.74, 6) is 0. The van der Waals surface area contributed by atoms with Crippen molar-refractivity contribution in [2.45, 2.75) is 50.8 Å². The van der Waals surface area contributed by atoms with Gasteiger partial charge in [0.25, 0.3) is 0 Å². The molecule has 0 aromatic rings. The summed E-state index contributed by atoms with van der Waals surface area (Å²) in [6, 6.07) is 0.387. The first-order valence-electron chi connectivity index (χ1n) is 7.83. The molecule has 2 rings (SSSR count). The Labute approximate surface area is 123 Å². The third-order valence-electron chi connectivity index (χ3n) is 4.70. The van der Waals surface area contributed by atoms with Gasteiger partial charge in [0.05, 0.1) is 4.75 Å². The van der Waals surface area contributed by atoms with E-state index >= 15 is 0 Å². The number of likely N-dealkylation sites (N-methyl/N-ethyl adjacent to an activating group) is 1. The number of piperidine rings is 1. The predicted molar refractivity (Wildman–Crippen MR) is 82.3 cm³/mol. The topological polar surface area (TPSA) is 52.6 Å². The average molecular weight is 303 g/mol. The molecule has 2 aliphatic rings. The molecule has 2 fully saturated rings. The first-order valence-corrected chi connectivity index (χ1v) is 9.27. The standard InChI is InChI=1S/C14H29N3O2S/c1-4-16-9-6-5-7-13(16)11-17-10-8-15-12-14(2,3)20(17,18)19/h13,15H,4-12H2,1-3H3.